The minimum absolute atomic E-state index is 0.147. The number of aromatic nitrogens is 2. The van der Waals surface area contributed by atoms with Crippen molar-refractivity contribution in [2.24, 2.45) is 0 Å². The maximum absolute atomic E-state index is 4.56. The Hall–Kier alpha value is -1.61. The van der Waals surface area contributed by atoms with Gasteiger partial charge in [-0.3, -0.25) is 0 Å². The third-order valence-corrected chi connectivity index (χ3v) is 2.67. The molecule has 0 saturated heterocycles. The molecule has 0 bridgehead atoms. The van der Waals surface area contributed by atoms with E-state index in [4.69, 9.17) is 0 Å². The van der Waals surface area contributed by atoms with Crippen molar-refractivity contribution in [3.05, 3.63) is 41.9 Å². The summed E-state index contributed by atoms with van der Waals surface area (Å²) in [6, 6.07) is 6.03. The minimum Gasteiger partial charge on any atom is -0.308 e. The SMILES string of the molecule is CC(=Cc1cn2ccccc2n1)CNC(C)(C)C. The number of hydrogen-bond donors (Lipinski definition) is 1. The van der Waals surface area contributed by atoms with Crippen LogP contribution in [0.2, 0.25) is 0 Å². The Balaban J connectivity index is 2.12. The van der Waals surface area contributed by atoms with Crippen LogP contribution in [-0.4, -0.2) is 21.5 Å². The summed E-state index contributed by atoms with van der Waals surface area (Å²) in [6.45, 7) is 9.53. The molecular weight excluding hydrogens is 222 g/mol. The molecule has 2 aromatic heterocycles. The highest BCUT2D eigenvalue weighted by Gasteiger charge is 2.08. The van der Waals surface area contributed by atoms with Crippen LogP contribution in [0.25, 0.3) is 11.7 Å². The normalized spacial score (nSPS) is 13.2. The van der Waals surface area contributed by atoms with Gasteiger partial charge in [0.2, 0.25) is 0 Å². The fraction of sp³-hybridized carbons (Fsp3) is 0.400. The molecule has 0 aliphatic heterocycles. The molecular formula is C15H21N3. The van der Waals surface area contributed by atoms with Gasteiger partial charge in [-0.05, 0) is 45.9 Å². The predicted molar refractivity (Wildman–Crippen MR) is 76.6 cm³/mol. The number of nitrogens with zero attached hydrogens (tertiary/aromatic N) is 2. The monoisotopic (exact) mass is 243 g/mol. The molecule has 1 N–H and O–H groups in total. The summed E-state index contributed by atoms with van der Waals surface area (Å²) < 4.78 is 2.04. The van der Waals surface area contributed by atoms with Gasteiger partial charge in [-0.1, -0.05) is 11.6 Å². The maximum atomic E-state index is 4.56. The van der Waals surface area contributed by atoms with Crippen molar-refractivity contribution < 1.29 is 0 Å². The zero-order valence-corrected chi connectivity index (χ0v) is 11.6. The third kappa shape index (κ3) is 3.44. The molecule has 2 heterocycles. The first kappa shape index (κ1) is 12.8. The van der Waals surface area contributed by atoms with Crippen molar-refractivity contribution in [2.45, 2.75) is 33.2 Å². The Morgan fingerprint density at radius 3 is 2.83 bits per heavy atom. The fourth-order valence-corrected chi connectivity index (χ4v) is 1.73. The van der Waals surface area contributed by atoms with Gasteiger partial charge in [0.15, 0.2) is 0 Å². The Morgan fingerprint density at radius 1 is 1.39 bits per heavy atom. The van der Waals surface area contributed by atoms with Crippen molar-refractivity contribution >= 4 is 11.7 Å². The second kappa shape index (κ2) is 4.94. The van der Waals surface area contributed by atoms with Crippen molar-refractivity contribution in [1.29, 1.82) is 0 Å². The largest absolute Gasteiger partial charge is 0.308 e. The smallest absolute Gasteiger partial charge is 0.137 e. The Morgan fingerprint density at radius 2 is 2.17 bits per heavy atom. The van der Waals surface area contributed by atoms with Crippen molar-refractivity contribution in [1.82, 2.24) is 14.7 Å². The van der Waals surface area contributed by atoms with E-state index in [1.165, 1.54) is 5.57 Å². The Kier molecular flexibility index (Phi) is 3.53. The molecule has 0 unspecified atom stereocenters. The highest BCUT2D eigenvalue weighted by Crippen LogP contribution is 2.09. The molecule has 0 atom stereocenters. The zero-order valence-electron chi connectivity index (χ0n) is 11.6. The highest BCUT2D eigenvalue weighted by atomic mass is 15.0. The summed E-state index contributed by atoms with van der Waals surface area (Å²) in [7, 11) is 0. The van der Waals surface area contributed by atoms with Gasteiger partial charge in [0.25, 0.3) is 0 Å². The van der Waals surface area contributed by atoms with Gasteiger partial charge in [-0.15, -0.1) is 0 Å². The van der Waals surface area contributed by atoms with Crippen LogP contribution >= 0.6 is 0 Å². The molecule has 0 aliphatic rings. The lowest BCUT2D eigenvalue weighted by Gasteiger charge is -2.20. The van der Waals surface area contributed by atoms with E-state index in [1.807, 2.05) is 28.8 Å². The number of pyridine rings is 1. The third-order valence-electron chi connectivity index (χ3n) is 2.67. The average Bonchev–Trinajstić information content (AvgIpc) is 2.67. The second-order valence-electron chi connectivity index (χ2n) is 5.73. The molecule has 96 valence electrons. The lowest BCUT2D eigenvalue weighted by molar-refractivity contribution is 0.445. The van der Waals surface area contributed by atoms with Crippen molar-refractivity contribution in [2.75, 3.05) is 6.54 Å². The lowest BCUT2D eigenvalue weighted by atomic mass is 10.1. The van der Waals surface area contributed by atoms with E-state index in [-0.39, 0.29) is 5.54 Å². The molecule has 3 heteroatoms. The van der Waals surface area contributed by atoms with Crippen LogP contribution in [0.1, 0.15) is 33.4 Å². The first-order valence-electron chi connectivity index (χ1n) is 6.30. The van der Waals surface area contributed by atoms with Crippen LogP contribution in [0.5, 0.6) is 0 Å². The predicted octanol–water partition coefficient (Wildman–Crippen LogP) is 3.13. The number of rotatable bonds is 3. The van der Waals surface area contributed by atoms with Crippen LogP contribution in [0.3, 0.4) is 0 Å². The quantitative estimate of drug-likeness (QED) is 0.897. The maximum Gasteiger partial charge on any atom is 0.137 e. The fourth-order valence-electron chi connectivity index (χ4n) is 1.73. The Labute approximate surface area is 109 Å². The number of imidazole rings is 1. The summed E-state index contributed by atoms with van der Waals surface area (Å²) in [6.07, 6.45) is 6.20. The lowest BCUT2D eigenvalue weighted by Crippen LogP contribution is -2.36. The first-order chi connectivity index (χ1) is 8.44. The van der Waals surface area contributed by atoms with E-state index in [1.54, 1.807) is 0 Å². The molecule has 0 amide bonds. The molecule has 2 aromatic rings. The van der Waals surface area contributed by atoms with Crippen LogP contribution < -0.4 is 5.32 Å². The topological polar surface area (TPSA) is 29.3 Å². The van der Waals surface area contributed by atoms with E-state index < -0.39 is 0 Å². The van der Waals surface area contributed by atoms with Crippen LogP contribution in [0, 0.1) is 0 Å². The summed E-state index contributed by atoms with van der Waals surface area (Å²) in [5, 5.41) is 3.47. The van der Waals surface area contributed by atoms with Gasteiger partial charge in [0, 0.05) is 24.5 Å². The van der Waals surface area contributed by atoms with E-state index >= 15 is 0 Å². The second-order valence-corrected chi connectivity index (χ2v) is 5.73. The van der Waals surface area contributed by atoms with E-state index in [2.05, 4.69) is 50.3 Å². The molecule has 0 fully saturated rings. The van der Waals surface area contributed by atoms with E-state index in [0.29, 0.717) is 0 Å². The molecule has 0 aromatic carbocycles. The molecule has 18 heavy (non-hydrogen) atoms. The van der Waals surface area contributed by atoms with E-state index in [9.17, 15) is 0 Å². The zero-order chi connectivity index (χ0) is 13.2. The van der Waals surface area contributed by atoms with Gasteiger partial charge >= 0.3 is 0 Å². The van der Waals surface area contributed by atoms with Gasteiger partial charge in [0.1, 0.15) is 5.65 Å². The molecule has 0 saturated carbocycles. The number of hydrogen-bond acceptors (Lipinski definition) is 2. The summed E-state index contributed by atoms with van der Waals surface area (Å²) in [5.41, 5.74) is 3.43. The number of fused-ring (bicyclic) bond motifs is 1. The van der Waals surface area contributed by atoms with Gasteiger partial charge in [0.05, 0.1) is 5.69 Å². The van der Waals surface area contributed by atoms with Crippen LogP contribution in [-0.2, 0) is 0 Å². The molecule has 0 radical (unpaired) electrons. The minimum atomic E-state index is 0.147. The Bertz CT molecular complexity index is 525. The summed E-state index contributed by atoms with van der Waals surface area (Å²) in [4.78, 5) is 4.56. The van der Waals surface area contributed by atoms with Crippen molar-refractivity contribution in [3.8, 4) is 0 Å². The van der Waals surface area contributed by atoms with Gasteiger partial charge in [-0.2, -0.15) is 0 Å². The molecule has 0 spiro atoms. The highest BCUT2D eigenvalue weighted by molar-refractivity contribution is 5.53. The van der Waals surface area contributed by atoms with Gasteiger partial charge < -0.3 is 9.72 Å². The van der Waals surface area contributed by atoms with Crippen LogP contribution in [0.15, 0.2) is 36.2 Å². The standard InChI is InChI=1S/C15H21N3/c1-12(10-16-15(2,3)4)9-13-11-18-8-6-5-7-14(18)17-13/h5-9,11,16H,10H2,1-4H3. The molecule has 0 aliphatic carbocycles. The summed E-state index contributed by atoms with van der Waals surface area (Å²) in [5.74, 6) is 0. The van der Waals surface area contributed by atoms with Gasteiger partial charge in [-0.25, -0.2) is 4.98 Å². The van der Waals surface area contributed by atoms with Crippen LogP contribution in [0.4, 0.5) is 0 Å². The molecule has 2 rings (SSSR count). The first-order valence-corrected chi connectivity index (χ1v) is 6.30. The van der Waals surface area contributed by atoms with Crippen molar-refractivity contribution in [3.63, 3.8) is 0 Å². The average molecular weight is 243 g/mol. The summed E-state index contributed by atoms with van der Waals surface area (Å²) >= 11 is 0. The number of nitrogens with one attached hydrogen (secondary N) is 1. The molecule has 3 nitrogen and oxygen atoms in total. The van der Waals surface area contributed by atoms with E-state index in [0.717, 1.165) is 17.9 Å².